The molecule has 0 spiro atoms. The van der Waals surface area contributed by atoms with Gasteiger partial charge in [-0.3, -0.25) is 19.9 Å². The molecule has 1 aromatic heterocycles. The molecule has 0 radical (unpaired) electrons. The minimum Gasteiger partial charge on any atom is -0.466 e. The van der Waals surface area contributed by atoms with Crippen LogP contribution in [0.5, 0.6) is 0 Å². The molecule has 1 aliphatic rings. The van der Waals surface area contributed by atoms with E-state index in [1.807, 2.05) is 0 Å². The van der Waals surface area contributed by atoms with E-state index in [4.69, 9.17) is 4.74 Å². The van der Waals surface area contributed by atoms with Crippen LogP contribution in [0.25, 0.3) is 0 Å². The van der Waals surface area contributed by atoms with Crippen molar-refractivity contribution in [1.82, 2.24) is 10.3 Å². The van der Waals surface area contributed by atoms with Gasteiger partial charge >= 0.3 is 5.97 Å². The quantitative estimate of drug-likeness (QED) is 0.485. The van der Waals surface area contributed by atoms with Gasteiger partial charge in [0.25, 0.3) is 5.69 Å². The van der Waals surface area contributed by atoms with Crippen LogP contribution in [0, 0.1) is 16.0 Å². The number of hydrogen-bond acceptors (Lipinski definition) is 6. The van der Waals surface area contributed by atoms with E-state index in [0.717, 1.165) is 6.42 Å². The van der Waals surface area contributed by atoms with Crippen LogP contribution in [0.3, 0.4) is 0 Å². The summed E-state index contributed by atoms with van der Waals surface area (Å²) in [5.74, 6) is -0.0678. The second-order valence-electron chi connectivity index (χ2n) is 5.22. The number of rotatable bonds is 5. The van der Waals surface area contributed by atoms with E-state index in [0.29, 0.717) is 36.2 Å². The number of piperidine rings is 1. The maximum absolute atomic E-state index is 11.6. The number of ether oxygens (including phenoxy) is 1. The molecule has 120 valence electrons. The van der Waals surface area contributed by atoms with Crippen molar-refractivity contribution in [3.05, 3.63) is 32.5 Å². The molecule has 2 rings (SSSR count). The van der Waals surface area contributed by atoms with Crippen molar-refractivity contribution in [2.45, 2.75) is 32.2 Å². The SMILES string of the molecule is CCOC(=O)CC1CCNC(c2ncc(Br)cc2[N+](=O)[O-])C1. The van der Waals surface area contributed by atoms with Gasteiger partial charge in [-0.25, -0.2) is 0 Å². The Kier molecular flexibility index (Phi) is 5.84. The Hall–Kier alpha value is -1.54. The van der Waals surface area contributed by atoms with Gasteiger partial charge in [0.05, 0.1) is 17.6 Å². The average Bonchev–Trinajstić information content (AvgIpc) is 2.47. The van der Waals surface area contributed by atoms with E-state index in [1.54, 1.807) is 13.1 Å². The molecule has 0 amide bonds. The van der Waals surface area contributed by atoms with Crippen LogP contribution in [0.15, 0.2) is 16.7 Å². The zero-order valence-electron chi connectivity index (χ0n) is 12.3. The summed E-state index contributed by atoms with van der Waals surface area (Å²) in [7, 11) is 0. The molecule has 1 N–H and O–H groups in total. The molecule has 2 unspecified atom stereocenters. The smallest absolute Gasteiger partial charge is 0.306 e. The van der Waals surface area contributed by atoms with Gasteiger partial charge < -0.3 is 10.1 Å². The predicted molar refractivity (Wildman–Crippen MR) is 83.3 cm³/mol. The van der Waals surface area contributed by atoms with Crippen LogP contribution in [-0.4, -0.2) is 29.0 Å². The Morgan fingerprint density at radius 2 is 2.41 bits per heavy atom. The van der Waals surface area contributed by atoms with Crippen LogP contribution < -0.4 is 5.32 Å². The predicted octanol–water partition coefficient (Wildman–Crippen LogP) is 2.75. The van der Waals surface area contributed by atoms with Gasteiger partial charge in [0.1, 0.15) is 5.69 Å². The molecule has 2 heterocycles. The van der Waals surface area contributed by atoms with Crippen molar-refractivity contribution >= 4 is 27.6 Å². The van der Waals surface area contributed by atoms with Crippen LogP contribution in [0.1, 0.15) is 37.9 Å². The lowest BCUT2D eigenvalue weighted by atomic mass is 9.88. The second kappa shape index (κ2) is 7.64. The zero-order chi connectivity index (χ0) is 16.1. The Balaban J connectivity index is 2.12. The highest BCUT2D eigenvalue weighted by atomic mass is 79.9. The number of pyridine rings is 1. The molecule has 0 aliphatic carbocycles. The van der Waals surface area contributed by atoms with Gasteiger partial charge in [-0.05, 0) is 48.2 Å². The first kappa shape index (κ1) is 16.8. The Morgan fingerprint density at radius 1 is 1.64 bits per heavy atom. The van der Waals surface area contributed by atoms with Crippen molar-refractivity contribution in [3.8, 4) is 0 Å². The lowest BCUT2D eigenvalue weighted by molar-refractivity contribution is -0.386. The summed E-state index contributed by atoms with van der Waals surface area (Å²) in [6.07, 6.45) is 3.38. The molecule has 1 aliphatic heterocycles. The fourth-order valence-electron chi connectivity index (χ4n) is 2.70. The normalized spacial score (nSPS) is 21.4. The van der Waals surface area contributed by atoms with Crippen molar-refractivity contribution in [3.63, 3.8) is 0 Å². The number of hydrogen-bond donors (Lipinski definition) is 1. The molecule has 2 atom stereocenters. The van der Waals surface area contributed by atoms with Crippen molar-refractivity contribution in [2.24, 2.45) is 5.92 Å². The molecule has 22 heavy (non-hydrogen) atoms. The molecule has 1 aromatic rings. The second-order valence-corrected chi connectivity index (χ2v) is 6.14. The Labute approximate surface area is 136 Å². The summed E-state index contributed by atoms with van der Waals surface area (Å²) in [6.45, 7) is 2.84. The van der Waals surface area contributed by atoms with Crippen LogP contribution >= 0.6 is 15.9 Å². The largest absolute Gasteiger partial charge is 0.466 e. The van der Waals surface area contributed by atoms with Gasteiger partial charge in [0.2, 0.25) is 0 Å². The maximum Gasteiger partial charge on any atom is 0.306 e. The van der Waals surface area contributed by atoms with E-state index in [1.165, 1.54) is 6.07 Å². The number of nitrogens with zero attached hydrogens (tertiary/aromatic N) is 2. The van der Waals surface area contributed by atoms with E-state index in [2.05, 4.69) is 26.2 Å². The van der Waals surface area contributed by atoms with Crippen LogP contribution in [0.4, 0.5) is 5.69 Å². The van der Waals surface area contributed by atoms with Gasteiger partial charge in [-0.2, -0.15) is 0 Å². The first-order valence-electron chi connectivity index (χ1n) is 7.20. The lowest BCUT2D eigenvalue weighted by Crippen LogP contribution is -2.33. The van der Waals surface area contributed by atoms with Gasteiger partial charge in [0.15, 0.2) is 0 Å². The third kappa shape index (κ3) is 4.23. The molecule has 0 bridgehead atoms. The number of esters is 1. The van der Waals surface area contributed by atoms with Crippen molar-refractivity contribution < 1.29 is 14.5 Å². The van der Waals surface area contributed by atoms with Crippen LogP contribution in [0.2, 0.25) is 0 Å². The fourth-order valence-corrected chi connectivity index (χ4v) is 3.02. The topological polar surface area (TPSA) is 94.4 Å². The average molecular weight is 372 g/mol. The monoisotopic (exact) mass is 371 g/mol. The van der Waals surface area contributed by atoms with Gasteiger partial charge in [-0.1, -0.05) is 0 Å². The van der Waals surface area contributed by atoms with E-state index >= 15 is 0 Å². The highest BCUT2D eigenvalue weighted by Gasteiger charge is 2.30. The minimum absolute atomic E-state index is 0.0105. The first-order chi connectivity index (χ1) is 10.5. The molecule has 1 saturated heterocycles. The fraction of sp³-hybridized carbons (Fsp3) is 0.571. The Bertz CT molecular complexity index is 567. The number of carbonyl (C=O) groups is 1. The van der Waals surface area contributed by atoms with Crippen LogP contribution in [-0.2, 0) is 9.53 Å². The third-order valence-electron chi connectivity index (χ3n) is 3.66. The molecular weight excluding hydrogens is 354 g/mol. The third-order valence-corrected chi connectivity index (χ3v) is 4.10. The number of carbonyl (C=O) groups excluding carboxylic acids is 1. The summed E-state index contributed by atoms with van der Waals surface area (Å²) >= 11 is 3.20. The molecule has 7 nitrogen and oxygen atoms in total. The van der Waals surface area contributed by atoms with Crippen molar-refractivity contribution in [1.29, 1.82) is 0 Å². The van der Waals surface area contributed by atoms with E-state index < -0.39 is 4.92 Å². The number of nitrogens with one attached hydrogen (secondary N) is 1. The summed E-state index contributed by atoms with van der Waals surface area (Å²) in [4.78, 5) is 26.6. The van der Waals surface area contributed by atoms with Crippen molar-refractivity contribution in [2.75, 3.05) is 13.2 Å². The highest BCUT2D eigenvalue weighted by Crippen LogP contribution is 2.33. The zero-order valence-corrected chi connectivity index (χ0v) is 13.8. The number of aromatic nitrogens is 1. The summed E-state index contributed by atoms with van der Waals surface area (Å²) in [6, 6.07) is 1.24. The summed E-state index contributed by atoms with van der Waals surface area (Å²) < 4.78 is 5.55. The van der Waals surface area contributed by atoms with Gasteiger partial charge in [-0.15, -0.1) is 0 Å². The molecular formula is C14H18BrN3O4. The van der Waals surface area contributed by atoms with Gasteiger partial charge in [0, 0.05) is 23.2 Å². The molecule has 0 saturated carbocycles. The standard InChI is InChI=1S/C14H18BrN3O4/c1-2-22-13(19)6-9-3-4-16-11(5-9)14-12(18(20)21)7-10(15)8-17-14/h7-9,11,16H,2-6H2,1H3. The minimum atomic E-state index is -0.427. The number of halogens is 1. The molecule has 1 fully saturated rings. The summed E-state index contributed by atoms with van der Waals surface area (Å²) in [5.41, 5.74) is 0.408. The Morgan fingerprint density at radius 3 is 3.09 bits per heavy atom. The number of nitro groups is 1. The van der Waals surface area contributed by atoms with E-state index in [-0.39, 0.29) is 23.6 Å². The van der Waals surface area contributed by atoms with E-state index in [9.17, 15) is 14.9 Å². The lowest BCUT2D eigenvalue weighted by Gasteiger charge is -2.29. The summed E-state index contributed by atoms with van der Waals surface area (Å²) in [5, 5.41) is 14.5. The molecule has 0 aromatic carbocycles. The highest BCUT2D eigenvalue weighted by molar-refractivity contribution is 9.10. The molecule has 8 heteroatoms. The maximum atomic E-state index is 11.6. The first-order valence-corrected chi connectivity index (χ1v) is 7.99.